The van der Waals surface area contributed by atoms with Gasteiger partial charge in [0.15, 0.2) is 6.29 Å². The van der Waals surface area contributed by atoms with Crippen LogP contribution < -0.4 is 4.74 Å². The highest BCUT2D eigenvalue weighted by Crippen LogP contribution is 2.22. The zero-order valence-corrected chi connectivity index (χ0v) is 24.2. The quantitative estimate of drug-likeness (QED) is 0.162. The number of rotatable bonds is 20. The molecule has 0 radical (unpaired) electrons. The lowest BCUT2D eigenvalue weighted by Crippen LogP contribution is -2.26. The first kappa shape index (κ1) is 30.6. The standard InChI is InChI=1S/C33H52N2O3/c1-3-4-5-6-7-8-11-15-24-36-31-22-20-29(21-23-31)30-26-34-32(35-27-30)18-13-10-9-12-17-28(2)38-33-19-14-16-25-37-33/h20-23,26-28,33H,3-19,24-25H2,1-2H3. The predicted octanol–water partition coefficient (Wildman–Crippen LogP) is 9.09. The summed E-state index contributed by atoms with van der Waals surface area (Å²) in [5.41, 5.74) is 2.19. The molecule has 0 bridgehead atoms. The van der Waals surface area contributed by atoms with Crippen LogP contribution in [0.25, 0.3) is 11.1 Å². The van der Waals surface area contributed by atoms with Gasteiger partial charge in [0.25, 0.3) is 0 Å². The number of hydrogen-bond donors (Lipinski definition) is 0. The van der Waals surface area contributed by atoms with Crippen molar-refractivity contribution in [3.63, 3.8) is 0 Å². The highest BCUT2D eigenvalue weighted by atomic mass is 16.7. The maximum atomic E-state index is 6.01. The third-order valence-electron chi connectivity index (χ3n) is 7.44. The van der Waals surface area contributed by atoms with Crippen molar-refractivity contribution in [1.29, 1.82) is 0 Å². The minimum atomic E-state index is 0.0229. The van der Waals surface area contributed by atoms with Gasteiger partial charge in [-0.05, 0) is 63.1 Å². The van der Waals surface area contributed by atoms with E-state index >= 15 is 0 Å². The third-order valence-corrected chi connectivity index (χ3v) is 7.44. The molecular weight excluding hydrogens is 472 g/mol. The van der Waals surface area contributed by atoms with Gasteiger partial charge in [-0.3, -0.25) is 0 Å². The molecule has 0 aliphatic carbocycles. The first-order chi connectivity index (χ1) is 18.7. The van der Waals surface area contributed by atoms with Gasteiger partial charge in [0.05, 0.1) is 12.7 Å². The van der Waals surface area contributed by atoms with Crippen LogP contribution in [0.3, 0.4) is 0 Å². The summed E-state index contributed by atoms with van der Waals surface area (Å²) in [6, 6.07) is 8.32. The lowest BCUT2D eigenvalue weighted by molar-refractivity contribution is -0.185. The number of aromatic nitrogens is 2. The van der Waals surface area contributed by atoms with Gasteiger partial charge in [-0.15, -0.1) is 0 Å². The Bertz CT molecular complexity index is 834. The van der Waals surface area contributed by atoms with E-state index in [1.807, 2.05) is 12.4 Å². The Morgan fingerprint density at radius 3 is 2.21 bits per heavy atom. The molecule has 2 unspecified atom stereocenters. The number of hydrogen-bond acceptors (Lipinski definition) is 5. The van der Waals surface area contributed by atoms with Crippen LogP contribution in [-0.4, -0.2) is 35.6 Å². The molecular formula is C33H52N2O3. The normalized spacial score (nSPS) is 16.4. The fraction of sp³-hybridized carbons (Fsp3) is 0.697. The van der Waals surface area contributed by atoms with Crippen molar-refractivity contribution >= 4 is 0 Å². The molecule has 2 atom stereocenters. The van der Waals surface area contributed by atoms with E-state index in [-0.39, 0.29) is 12.4 Å². The smallest absolute Gasteiger partial charge is 0.157 e. The zero-order chi connectivity index (χ0) is 26.7. The van der Waals surface area contributed by atoms with Gasteiger partial charge in [-0.2, -0.15) is 0 Å². The topological polar surface area (TPSA) is 53.5 Å². The molecule has 38 heavy (non-hydrogen) atoms. The SMILES string of the molecule is CCCCCCCCCCOc1ccc(-c2cnc(CCCCCCC(C)OC3CCCCO3)nc2)cc1. The van der Waals surface area contributed by atoms with Gasteiger partial charge < -0.3 is 14.2 Å². The monoisotopic (exact) mass is 524 g/mol. The summed E-state index contributed by atoms with van der Waals surface area (Å²) in [6.45, 7) is 6.09. The molecule has 5 nitrogen and oxygen atoms in total. The molecule has 1 saturated heterocycles. The minimum absolute atomic E-state index is 0.0229. The minimum Gasteiger partial charge on any atom is -0.494 e. The van der Waals surface area contributed by atoms with Crippen molar-refractivity contribution < 1.29 is 14.2 Å². The van der Waals surface area contributed by atoms with Crippen molar-refractivity contribution in [2.75, 3.05) is 13.2 Å². The summed E-state index contributed by atoms with van der Waals surface area (Å²) in [6.07, 6.45) is 25.0. The first-order valence-corrected chi connectivity index (χ1v) is 15.6. The second kappa shape index (κ2) is 19.1. The summed E-state index contributed by atoms with van der Waals surface area (Å²) in [5.74, 6) is 1.88. The van der Waals surface area contributed by atoms with E-state index < -0.39 is 0 Å². The summed E-state index contributed by atoms with van der Waals surface area (Å²) in [4.78, 5) is 9.23. The van der Waals surface area contributed by atoms with E-state index in [0.29, 0.717) is 0 Å². The molecule has 1 fully saturated rings. The van der Waals surface area contributed by atoms with Gasteiger partial charge in [0.2, 0.25) is 0 Å². The van der Waals surface area contributed by atoms with Gasteiger partial charge in [0, 0.05) is 31.0 Å². The fourth-order valence-electron chi connectivity index (χ4n) is 5.02. The second-order valence-corrected chi connectivity index (χ2v) is 10.9. The van der Waals surface area contributed by atoms with E-state index in [1.54, 1.807) is 0 Å². The Morgan fingerprint density at radius 2 is 1.50 bits per heavy atom. The fourth-order valence-corrected chi connectivity index (χ4v) is 5.02. The Hall–Kier alpha value is -1.98. The molecule has 0 N–H and O–H groups in total. The number of aryl methyl sites for hydroxylation is 1. The van der Waals surface area contributed by atoms with Crippen LogP contribution in [0.15, 0.2) is 36.7 Å². The van der Waals surface area contributed by atoms with Crippen LogP contribution in [0.2, 0.25) is 0 Å². The number of ether oxygens (including phenoxy) is 3. The van der Waals surface area contributed by atoms with Crippen LogP contribution in [0, 0.1) is 0 Å². The van der Waals surface area contributed by atoms with Crippen LogP contribution in [-0.2, 0) is 15.9 Å². The number of nitrogens with zero attached hydrogens (tertiary/aromatic N) is 2. The molecule has 212 valence electrons. The second-order valence-electron chi connectivity index (χ2n) is 10.9. The van der Waals surface area contributed by atoms with Crippen LogP contribution in [0.5, 0.6) is 5.75 Å². The molecule has 0 spiro atoms. The summed E-state index contributed by atoms with van der Waals surface area (Å²) < 4.78 is 17.6. The average molecular weight is 525 g/mol. The lowest BCUT2D eigenvalue weighted by Gasteiger charge is -2.26. The van der Waals surface area contributed by atoms with Gasteiger partial charge >= 0.3 is 0 Å². The highest BCUT2D eigenvalue weighted by Gasteiger charge is 2.16. The Labute approximate surface area is 232 Å². The molecule has 1 aromatic carbocycles. The Balaban J connectivity index is 1.23. The number of unbranched alkanes of at least 4 members (excludes halogenated alkanes) is 10. The maximum absolute atomic E-state index is 6.01. The van der Waals surface area contributed by atoms with Crippen LogP contribution in [0.1, 0.15) is 122 Å². The predicted molar refractivity (Wildman–Crippen MR) is 156 cm³/mol. The molecule has 1 aliphatic heterocycles. The molecule has 1 aromatic heterocycles. The molecule has 0 amide bonds. The van der Waals surface area contributed by atoms with Gasteiger partial charge in [-0.1, -0.05) is 83.3 Å². The van der Waals surface area contributed by atoms with E-state index in [2.05, 4.69) is 48.1 Å². The molecule has 5 heteroatoms. The van der Waals surface area contributed by atoms with Crippen molar-refractivity contribution in [3.05, 3.63) is 42.5 Å². The van der Waals surface area contributed by atoms with Crippen molar-refractivity contribution in [1.82, 2.24) is 9.97 Å². The summed E-state index contributed by atoms with van der Waals surface area (Å²) in [5, 5.41) is 0. The molecule has 0 saturated carbocycles. The van der Waals surface area contributed by atoms with Crippen molar-refractivity contribution in [3.8, 4) is 16.9 Å². The number of benzene rings is 1. The molecule has 2 aromatic rings. The third kappa shape index (κ3) is 12.7. The van der Waals surface area contributed by atoms with Crippen LogP contribution in [0.4, 0.5) is 0 Å². The molecule has 1 aliphatic rings. The lowest BCUT2D eigenvalue weighted by atomic mass is 10.1. The van der Waals surface area contributed by atoms with Gasteiger partial charge in [-0.25, -0.2) is 9.97 Å². The van der Waals surface area contributed by atoms with Crippen molar-refractivity contribution in [2.24, 2.45) is 0 Å². The van der Waals surface area contributed by atoms with E-state index in [9.17, 15) is 0 Å². The average Bonchev–Trinajstić information content (AvgIpc) is 2.95. The largest absolute Gasteiger partial charge is 0.494 e. The highest BCUT2D eigenvalue weighted by molar-refractivity contribution is 5.62. The molecule has 3 rings (SSSR count). The van der Waals surface area contributed by atoms with E-state index in [1.165, 1.54) is 77.0 Å². The zero-order valence-electron chi connectivity index (χ0n) is 24.2. The summed E-state index contributed by atoms with van der Waals surface area (Å²) >= 11 is 0. The van der Waals surface area contributed by atoms with Crippen LogP contribution >= 0.6 is 0 Å². The van der Waals surface area contributed by atoms with E-state index in [0.717, 1.165) is 68.0 Å². The molecule has 2 heterocycles. The van der Waals surface area contributed by atoms with E-state index in [4.69, 9.17) is 14.2 Å². The Kier molecular flexibility index (Phi) is 15.4. The maximum Gasteiger partial charge on any atom is 0.157 e. The first-order valence-electron chi connectivity index (χ1n) is 15.6. The van der Waals surface area contributed by atoms with Gasteiger partial charge in [0.1, 0.15) is 11.6 Å². The van der Waals surface area contributed by atoms with Crippen molar-refractivity contribution in [2.45, 2.75) is 135 Å². The Morgan fingerprint density at radius 1 is 0.816 bits per heavy atom. The summed E-state index contributed by atoms with van der Waals surface area (Å²) in [7, 11) is 0.